The lowest BCUT2D eigenvalue weighted by Gasteiger charge is -2.06. The first kappa shape index (κ1) is 12.6. The number of nitrogens with one attached hydrogen (secondary N) is 1. The first-order chi connectivity index (χ1) is 7.83. The predicted octanol–water partition coefficient (Wildman–Crippen LogP) is 3.82. The quantitative estimate of drug-likeness (QED) is 0.742. The smallest absolute Gasteiger partial charge is 0.411 e. The fourth-order valence-electron chi connectivity index (χ4n) is 1.37. The standard InChI is InChI=1S/C13H19NO2/c1-2-3-4-8-11-16-13(15)14-12-9-6-5-7-10-12/h5-7,9-10H,2-4,8,11H2,1H3,(H,14,15). The molecule has 0 fully saturated rings. The molecule has 1 aromatic rings. The van der Waals surface area contributed by atoms with Crippen LogP contribution in [0.15, 0.2) is 30.3 Å². The van der Waals surface area contributed by atoms with Crippen LogP contribution in [0.5, 0.6) is 0 Å². The van der Waals surface area contributed by atoms with Gasteiger partial charge in [0.1, 0.15) is 0 Å². The second kappa shape index (κ2) is 7.74. The van der Waals surface area contributed by atoms with E-state index in [0.29, 0.717) is 6.61 Å². The fourth-order valence-corrected chi connectivity index (χ4v) is 1.37. The largest absolute Gasteiger partial charge is 0.449 e. The Labute approximate surface area is 96.8 Å². The van der Waals surface area contributed by atoms with E-state index in [4.69, 9.17) is 4.74 Å². The summed E-state index contributed by atoms with van der Waals surface area (Å²) in [5.41, 5.74) is 0.765. The van der Waals surface area contributed by atoms with Crippen LogP contribution in [0.2, 0.25) is 0 Å². The van der Waals surface area contributed by atoms with Gasteiger partial charge in [0.25, 0.3) is 0 Å². The van der Waals surface area contributed by atoms with Gasteiger partial charge in [-0.1, -0.05) is 44.4 Å². The van der Waals surface area contributed by atoms with Gasteiger partial charge in [-0.25, -0.2) is 4.79 Å². The van der Waals surface area contributed by atoms with Crippen molar-refractivity contribution in [2.75, 3.05) is 11.9 Å². The number of para-hydroxylation sites is 1. The zero-order valence-electron chi connectivity index (χ0n) is 9.74. The van der Waals surface area contributed by atoms with Crippen molar-refractivity contribution in [3.05, 3.63) is 30.3 Å². The molecule has 1 N–H and O–H groups in total. The Morgan fingerprint density at radius 3 is 2.62 bits per heavy atom. The van der Waals surface area contributed by atoms with E-state index in [9.17, 15) is 4.79 Å². The van der Waals surface area contributed by atoms with Crippen molar-refractivity contribution in [2.45, 2.75) is 32.6 Å². The minimum atomic E-state index is -0.373. The van der Waals surface area contributed by atoms with Crippen LogP contribution in [0.25, 0.3) is 0 Å². The van der Waals surface area contributed by atoms with Gasteiger partial charge in [-0.2, -0.15) is 0 Å². The molecule has 0 saturated carbocycles. The number of benzene rings is 1. The lowest BCUT2D eigenvalue weighted by atomic mass is 10.2. The van der Waals surface area contributed by atoms with Gasteiger partial charge < -0.3 is 4.74 Å². The van der Waals surface area contributed by atoms with E-state index in [1.807, 2.05) is 30.3 Å². The summed E-state index contributed by atoms with van der Waals surface area (Å²) in [6.07, 6.45) is 4.08. The maximum Gasteiger partial charge on any atom is 0.411 e. The monoisotopic (exact) mass is 221 g/mol. The first-order valence-electron chi connectivity index (χ1n) is 5.81. The van der Waals surface area contributed by atoms with Crippen molar-refractivity contribution < 1.29 is 9.53 Å². The third kappa shape index (κ3) is 5.39. The molecule has 0 aliphatic rings. The highest BCUT2D eigenvalue weighted by atomic mass is 16.5. The van der Waals surface area contributed by atoms with Crippen LogP contribution in [0.1, 0.15) is 32.6 Å². The molecule has 3 nitrogen and oxygen atoms in total. The van der Waals surface area contributed by atoms with Crippen LogP contribution in [0, 0.1) is 0 Å². The van der Waals surface area contributed by atoms with Crippen molar-refractivity contribution in [2.24, 2.45) is 0 Å². The van der Waals surface area contributed by atoms with E-state index < -0.39 is 0 Å². The number of ether oxygens (including phenoxy) is 1. The van der Waals surface area contributed by atoms with Gasteiger partial charge >= 0.3 is 6.09 Å². The highest BCUT2D eigenvalue weighted by Gasteiger charge is 2.01. The van der Waals surface area contributed by atoms with Crippen LogP contribution >= 0.6 is 0 Å². The van der Waals surface area contributed by atoms with Gasteiger partial charge in [-0.3, -0.25) is 5.32 Å². The van der Waals surface area contributed by atoms with E-state index in [1.165, 1.54) is 12.8 Å². The number of hydrogen-bond acceptors (Lipinski definition) is 2. The van der Waals surface area contributed by atoms with Gasteiger partial charge in [0.05, 0.1) is 6.61 Å². The summed E-state index contributed by atoms with van der Waals surface area (Å²) in [6, 6.07) is 9.31. The third-order valence-electron chi connectivity index (χ3n) is 2.25. The Kier molecular flexibility index (Phi) is 6.07. The Morgan fingerprint density at radius 2 is 1.94 bits per heavy atom. The number of carbonyl (C=O) groups excluding carboxylic acids is 1. The number of hydrogen-bond donors (Lipinski definition) is 1. The summed E-state index contributed by atoms with van der Waals surface area (Å²) in [4.78, 5) is 11.3. The summed E-state index contributed by atoms with van der Waals surface area (Å²) in [6.45, 7) is 2.65. The minimum Gasteiger partial charge on any atom is -0.449 e. The molecule has 0 spiro atoms. The van der Waals surface area contributed by atoms with E-state index in [0.717, 1.165) is 18.5 Å². The molecule has 1 amide bonds. The molecule has 0 heterocycles. The molecule has 0 bridgehead atoms. The second-order valence-electron chi connectivity index (χ2n) is 3.69. The van der Waals surface area contributed by atoms with Crippen LogP contribution in [-0.4, -0.2) is 12.7 Å². The summed E-state index contributed by atoms with van der Waals surface area (Å²) >= 11 is 0. The molecule has 16 heavy (non-hydrogen) atoms. The maximum absolute atomic E-state index is 11.3. The normalized spacial score (nSPS) is 9.81. The molecule has 0 aliphatic carbocycles. The Bertz CT molecular complexity index is 298. The lowest BCUT2D eigenvalue weighted by Crippen LogP contribution is -2.14. The van der Waals surface area contributed by atoms with E-state index in [-0.39, 0.29) is 6.09 Å². The molecule has 88 valence electrons. The van der Waals surface area contributed by atoms with Crippen molar-refractivity contribution in [1.82, 2.24) is 0 Å². The van der Waals surface area contributed by atoms with Gasteiger partial charge in [-0.05, 0) is 18.6 Å². The molecule has 0 aromatic heterocycles. The van der Waals surface area contributed by atoms with Crippen molar-refractivity contribution in [3.8, 4) is 0 Å². The van der Waals surface area contributed by atoms with Crippen molar-refractivity contribution >= 4 is 11.8 Å². The first-order valence-corrected chi connectivity index (χ1v) is 5.81. The maximum atomic E-state index is 11.3. The van der Waals surface area contributed by atoms with Crippen LogP contribution in [0.3, 0.4) is 0 Å². The summed E-state index contributed by atoms with van der Waals surface area (Å²) in [5, 5.41) is 2.67. The number of rotatable bonds is 6. The average Bonchev–Trinajstić information content (AvgIpc) is 2.30. The average molecular weight is 221 g/mol. The van der Waals surface area contributed by atoms with E-state index in [1.54, 1.807) is 0 Å². The summed E-state index contributed by atoms with van der Waals surface area (Å²) in [7, 11) is 0. The highest BCUT2D eigenvalue weighted by Crippen LogP contribution is 2.05. The van der Waals surface area contributed by atoms with Gasteiger partial charge in [0.15, 0.2) is 0 Å². The zero-order valence-corrected chi connectivity index (χ0v) is 9.74. The molecule has 0 radical (unpaired) electrons. The molecule has 3 heteroatoms. The second-order valence-corrected chi connectivity index (χ2v) is 3.69. The SMILES string of the molecule is CCCCCCOC(=O)Nc1ccccc1. The molecule has 1 rings (SSSR count). The number of anilines is 1. The molecule has 0 unspecified atom stereocenters. The zero-order chi connectivity index (χ0) is 11.6. The predicted molar refractivity (Wildman–Crippen MR) is 65.6 cm³/mol. The molecule has 0 aliphatic heterocycles. The molecule has 0 atom stereocenters. The van der Waals surface area contributed by atoms with Crippen LogP contribution < -0.4 is 5.32 Å². The van der Waals surface area contributed by atoms with E-state index in [2.05, 4.69) is 12.2 Å². The number of amides is 1. The van der Waals surface area contributed by atoms with Crippen LogP contribution in [-0.2, 0) is 4.74 Å². The Morgan fingerprint density at radius 1 is 1.19 bits per heavy atom. The van der Waals surface area contributed by atoms with Gasteiger partial charge in [0, 0.05) is 5.69 Å². The summed E-state index contributed by atoms with van der Waals surface area (Å²) in [5.74, 6) is 0. The minimum absolute atomic E-state index is 0.373. The van der Waals surface area contributed by atoms with Crippen molar-refractivity contribution in [1.29, 1.82) is 0 Å². The van der Waals surface area contributed by atoms with Gasteiger partial charge in [0.2, 0.25) is 0 Å². The lowest BCUT2D eigenvalue weighted by molar-refractivity contribution is 0.159. The van der Waals surface area contributed by atoms with E-state index >= 15 is 0 Å². The third-order valence-corrected chi connectivity index (χ3v) is 2.25. The fraction of sp³-hybridized carbons (Fsp3) is 0.462. The number of unbranched alkanes of at least 4 members (excludes halogenated alkanes) is 3. The Hall–Kier alpha value is -1.51. The molecular weight excluding hydrogens is 202 g/mol. The molecule has 0 saturated heterocycles. The number of carbonyl (C=O) groups is 1. The molecule has 1 aromatic carbocycles. The topological polar surface area (TPSA) is 38.3 Å². The van der Waals surface area contributed by atoms with Gasteiger partial charge in [-0.15, -0.1) is 0 Å². The van der Waals surface area contributed by atoms with Crippen LogP contribution in [0.4, 0.5) is 10.5 Å². The highest BCUT2D eigenvalue weighted by molar-refractivity contribution is 5.84. The molecular formula is C13H19NO2. The summed E-state index contributed by atoms with van der Waals surface area (Å²) < 4.78 is 5.04. The Balaban J connectivity index is 2.12. The van der Waals surface area contributed by atoms with Crippen molar-refractivity contribution in [3.63, 3.8) is 0 Å².